The number of carboxylic acid groups (broad SMARTS) is 1. The Balaban J connectivity index is 2.29. The van der Waals surface area contributed by atoms with E-state index in [1.54, 1.807) is 0 Å². The van der Waals surface area contributed by atoms with Crippen LogP contribution in [0.15, 0.2) is 4.99 Å². The highest BCUT2D eigenvalue weighted by Crippen LogP contribution is 2.19. The fourth-order valence-electron chi connectivity index (χ4n) is 3.08. The van der Waals surface area contributed by atoms with E-state index in [-0.39, 0.29) is 6.54 Å². The number of quaternary nitrogens is 1. The van der Waals surface area contributed by atoms with Crippen LogP contribution < -0.4 is 5.11 Å². The normalized spacial score (nSPS) is 22.0. The second-order valence-electron chi connectivity index (χ2n) is 5.88. The first-order valence-corrected chi connectivity index (χ1v) is 8.24. The number of hydrogen-bond acceptors (Lipinski definition) is 3. The topological polar surface area (TPSA) is 52.5 Å². The number of nitrogens with zero attached hydrogens (tertiary/aromatic N) is 2. The van der Waals surface area contributed by atoms with Crippen LogP contribution in [0, 0.1) is 0 Å². The van der Waals surface area contributed by atoms with Gasteiger partial charge in [-0.05, 0) is 13.3 Å². The standard InChI is InChI=1S/C16H30N2O2/c1-3-5-6-7-8-9-10-11-15-17-12-13-18(15,4-2)14-16(19)20/h3-14H2,1-2H3. The molecule has 4 heteroatoms. The Morgan fingerprint density at radius 1 is 1.15 bits per heavy atom. The molecule has 0 fully saturated rings. The van der Waals surface area contributed by atoms with Gasteiger partial charge in [0.2, 0.25) is 0 Å². The summed E-state index contributed by atoms with van der Waals surface area (Å²) in [4.78, 5) is 15.5. The number of carboxylic acids is 1. The van der Waals surface area contributed by atoms with Gasteiger partial charge in [0.25, 0.3) is 0 Å². The summed E-state index contributed by atoms with van der Waals surface area (Å²) in [7, 11) is 0. The molecular formula is C16H30N2O2. The largest absolute Gasteiger partial charge is 0.544 e. The van der Waals surface area contributed by atoms with Crippen LogP contribution in [0.1, 0.15) is 65.2 Å². The minimum absolute atomic E-state index is 0.0891. The first-order chi connectivity index (χ1) is 9.64. The summed E-state index contributed by atoms with van der Waals surface area (Å²) in [5.41, 5.74) is 0. The van der Waals surface area contributed by atoms with E-state index in [2.05, 4.69) is 18.8 Å². The summed E-state index contributed by atoms with van der Waals surface area (Å²) < 4.78 is 0.526. The molecule has 0 aliphatic carbocycles. The molecule has 1 atom stereocenters. The average molecular weight is 282 g/mol. The maximum absolute atomic E-state index is 11.0. The molecule has 0 saturated heterocycles. The van der Waals surface area contributed by atoms with E-state index in [0.29, 0.717) is 4.48 Å². The zero-order chi connectivity index (χ0) is 14.8. The van der Waals surface area contributed by atoms with E-state index in [9.17, 15) is 9.90 Å². The van der Waals surface area contributed by atoms with E-state index < -0.39 is 5.97 Å². The van der Waals surface area contributed by atoms with Gasteiger partial charge in [-0.25, -0.2) is 4.99 Å². The van der Waals surface area contributed by atoms with Crippen LogP contribution in [0.2, 0.25) is 0 Å². The van der Waals surface area contributed by atoms with Crippen molar-refractivity contribution in [1.29, 1.82) is 0 Å². The van der Waals surface area contributed by atoms with Gasteiger partial charge in [-0.2, -0.15) is 0 Å². The van der Waals surface area contributed by atoms with Gasteiger partial charge in [0, 0.05) is 6.42 Å². The van der Waals surface area contributed by atoms with Crippen LogP contribution in [-0.4, -0.2) is 42.5 Å². The molecule has 0 saturated carbocycles. The number of unbranched alkanes of at least 4 members (excludes halogenated alkanes) is 6. The average Bonchev–Trinajstić information content (AvgIpc) is 2.80. The zero-order valence-corrected chi connectivity index (χ0v) is 13.2. The summed E-state index contributed by atoms with van der Waals surface area (Å²) in [5, 5.41) is 11.0. The number of rotatable bonds is 11. The molecule has 0 spiro atoms. The van der Waals surface area contributed by atoms with Gasteiger partial charge in [0.15, 0.2) is 5.84 Å². The first-order valence-electron chi connectivity index (χ1n) is 8.24. The fourth-order valence-corrected chi connectivity index (χ4v) is 3.08. The van der Waals surface area contributed by atoms with Crippen LogP contribution in [0.5, 0.6) is 0 Å². The molecule has 116 valence electrons. The molecular weight excluding hydrogens is 252 g/mol. The number of aliphatic carboxylic acids is 1. The zero-order valence-electron chi connectivity index (χ0n) is 13.2. The van der Waals surface area contributed by atoms with Crippen molar-refractivity contribution in [3.05, 3.63) is 0 Å². The summed E-state index contributed by atoms with van der Waals surface area (Å²) in [6.07, 6.45) is 9.92. The van der Waals surface area contributed by atoms with E-state index in [4.69, 9.17) is 0 Å². The summed E-state index contributed by atoms with van der Waals surface area (Å²) in [6, 6.07) is 0. The van der Waals surface area contributed by atoms with Gasteiger partial charge >= 0.3 is 0 Å². The molecule has 0 bridgehead atoms. The number of carbonyl (C=O) groups is 1. The van der Waals surface area contributed by atoms with Crippen molar-refractivity contribution in [1.82, 2.24) is 0 Å². The monoisotopic (exact) mass is 282 g/mol. The minimum atomic E-state index is -0.957. The highest BCUT2D eigenvalue weighted by atomic mass is 16.4. The number of aliphatic imine (C=N–C) groups is 1. The number of carbonyl (C=O) groups excluding carboxylic acids is 1. The van der Waals surface area contributed by atoms with Crippen molar-refractivity contribution in [2.45, 2.75) is 65.2 Å². The Bertz CT molecular complexity index is 328. The van der Waals surface area contributed by atoms with Crippen LogP contribution in [0.4, 0.5) is 0 Å². The van der Waals surface area contributed by atoms with E-state index in [1.807, 2.05) is 0 Å². The van der Waals surface area contributed by atoms with Crippen LogP contribution in [0.25, 0.3) is 0 Å². The molecule has 0 radical (unpaired) electrons. The predicted octanol–water partition coefficient (Wildman–Crippen LogP) is 2.13. The smallest absolute Gasteiger partial charge is 0.198 e. The Hall–Kier alpha value is -0.900. The fraction of sp³-hybridized carbons (Fsp3) is 0.875. The Morgan fingerprint density at radius 3 is 2.40 bits per heavy atom. The van der Waals surface area contributed by atoms with Crippen molar-refractivity contribution < 1.29 is 14.4 Å². The van der Waals surface area contributed by atoms with E-state index >= 15 is 0 Å². The van der Waals surface area contributed by atoms with Crippen molar-refractivity contribution >= 4 is 11.8 Å². The molecule has 0 amide bonds. The maximum Gasteiger partial charge on any atom is 0.198 e. The predicted molar refractivity (Wildman–Crippen MR) is 80.5 cm³/mol. The lowest BCUT2D eigenvalue weighted by Gasteiger charge is -2.34. The Kier molecular flexibility index (Phi) is 7.82. The molecule has 1 rings (SSSR count). The lowest BCUT2D eigenvalue weighted by Crippen LogP contribution is -2.56. The molecule has 1 aliphatic rings. The highest BCUT2D eigenvalue weighted by Gasteiger charge is 2.35. The van der Waals surface area contributed by atoms with E-state index in [1.165, 1.54) is 38.5 Å². The third-order valence-electron chi connectivity index (χ3n) is 4.41. The minimum Gasteiger partial charge on any atom is -0.544 e. The van der Waals surface area contributed by atoms with Crippen molar-refractivity contribution in [3.8, 4) is 0 Å². The number of amidine groups is 1. The van der Waals surface area contributed by atoms with Crippen molar-refractivity contribution in [2.75, 3.05) is 26.2 Å². The van der Waals surface area contributed by atoms with Gasteiger partial charge in [0.05, 0.1) is 19.1 Å². The molecule has 4 nitrogen and oxygen atoms in total. The van der Waals surface area contributed by atoms with Crippen LogP contribution in [0.3, 0.4) is 0 Å². The molecule has 0 aromatic carbocycles. The molecule has 0 aromatic heterocycles. The molecule has 0 aromatic rings. The number of likely N-dealkylation sites (N-methyl/N-ethyl adjacent to an activating group) is 1. The number of hydrogen-bond donors (Lipinski definition) is 0. The second-order valence-corrected chi connectivity index (χ2v) is 5.88. The third-order valence-corrected chi connectivity index (χ3v) is 4.41. The summed E-state index contributed by atoms with van der Waals surface area (Å²) in [6.45, 7) is 6.78. The second kappa shape index (κ2) is 9.11. The summed E-state index contributed by atoms with van der Waals surface area (Å²) in [5.74, 6) is 0.131. The van der Waals surface area contributed by atoms with Crippen LogP contribution in [-0.2, 0) is 4.79 Å². The molecule has 1 aliphatic heterocycles. The van der Waals surface area contributed by atoms with E-state index in [0.717, 1.165) is 38.3 Å². The van der Waals surface area contributed by atoms with Gasteiger partial charge in [-0.1, -0.05) is 45.4 Å². The molecule has 0 N–H and O–H groups in total. The van der Waals surface area contributed by atoms with Crippen molar-refractivity contribution in [2.24, 2.45) is 4.99 Å². The lowest BCUT2D eigenvalue weighted by atomic mass is 10.1. The lowest BCUT2D eigenvalue weighted by molar-refractivity contribution is -0.829. The first kappa shape index (κ1) is 17.2. The molecule has 1 unspecified atom stereocenters. The van der Waals surface area contributed by atoms with Crippen LogP contribution >= 0.6 is 0 Å². The van der Waals surface area contributed by atoms with Gasteiger partial charge in [0.1, 0.15) is 13.1 Å². The quantitative estimate of drug-likeness (QED) is 0.430. The molecule has 20 heavy (non-hydrogen) atoms. The summed E-state index contributed by atoms with van der Waals surface area (Å²) >= 11 is 0. The Labute approximate surface area is 123 Å². The van der Waals surface area contributed by atoms with Crippen molar-refractivity contribution in [3.63, 3.8) is 0 Å². The van der Waals surface area contributed by atoms with Gasteiger partial charge < -0.3 is 9.90 Å². The van der Waals surface area contributed by atoms with Gasteiger partial charge in [-0.3, -0.25) is 4.48 Å². The highest BCUT2D eigenvalue weighted by molar-refractivity contribution is 5.79. The van der Waals surface area contributed by atoms with Gasteiger partial charge in [-0.15, -0.1) is 0 Å². The maximum atomic E-state index is 11.0. The molecule has 1 heterocycles. The SMILES string of the molecule is CCCCCCCCCC1=NCC[N+]1(CC)CC(=O)[O-]. The third kappa shape index (κ3) is 5.23. The Morgan fingerprint density at radius 2 is 1.80 bits per heavy atom.